The Hall–Kier alpha value is -2.90. The maximum atomic E-state index is 14.4. The number of rotatable bonds is 3. The van der Waals surface area contributed by atoms with Crippen molar-refractivity contribution in [1.29, 1.82) is 0 Å². The van der Waals surface area contributed by atoms with Gasteiger partial charge >= 0.3 is 0 Å². The first kappa shape index (κ1) is 21.0. The number of hydrogen-bond acceptors (Lipinski definition) is 5. The van der Waals surface area contributed by atoms with Gasteiger partial charge in [0, 0.05) is 18.5 Å². The summed E-state index contributed by atoms with van der Waals surface area (Å²) >= 11 is 0. The third-order valence-corrected chi connectivity index (χ3v) is 7.42. The van der Waals surface area contributed by atoms with E-state index in [2.05, 4.69) is 44.1 Å². The molecular formula is C24H28F2N6. The van der Waals surface area contributed by atoms with Crippen LogP contribution in [0.25, 0.3) is 11.3 Å². The molecule has 0 bridgehead atoms. The van der Waals surface area contributed by atoms with E-state index in [0.717, 1.165) is 61.8 Å². The topological polar surface area (TPSA) is 70.6 Å². The normalized spacial score (nSPS) is 25.6. The fourth-order valence-corrected chi connectivity index (χ4v) is 5.44. The molecule has 8 heteroatoms. The van der Waals surface area contributed by atoms with Crippen LogP contribution in [0.3, 0.4) is 0 Å². The Morgan fingerprint density at radius 2 is 1.94 bits per heavy atom. The first-order valence-corrected chi connectivity index (χ1v) is 11.3. The number of halogens is 2. The number of piperidine rings is 1. The molecule has 0 spiro atoms. The molecule has 2 aliphatic rings. The molecule has 3 atom stereocenters. The molecule has 5 rings (SSSR count). The molecule has 168 valence electrons. The molecule has 3 aromatic rings. The Balaban J connectivity index is 1.51. The van der Waals surface area contributed by atoms with Gasteiger partial charge in [-0.25, -0.2) is 13.9 Å². The summed E-state index contributed by atoms with van der Waals surface area (Å²) in [6, 6.07) is 5.74. The third-order valence-electron chi connectivity index (χ3n) is 7.42. The van der Waals surface area contributed by atoms with Crippen molar-refractivity contribution < 1.29 is 8.78 Å². The molecule has 32 heavy (non-hydrogen) atoms. The van der Waals surface area contributed by atoms with Gasteiger partial charge in [0.1, 0.15) is 17.5 Å². The Morgan fingerprint density at radius 1 is 1.16 bits per heavy atom. The molecule has 1 fully saturated rings. The summed E-state index contributed by atoms with van der Waals surface area (Å²) < 4.78 is 28.8. The van der Waals surface area contributed by atoms with Crippen LogP contribution >= 0.6 is 0 Å². The van der Waals surface area contributed by atoms with E-state index in [9.17, 15) is 8.78 Å². The molecule has 1 aliphatic carbocycles. The Kier molecular flexibility index (Phi) is 5.18. The van der Waals surface area contributed by atoms with Gasteiger partial charge in [0.2, 0.25) is 5.95 Å². The lowest BCUT2D eigenvalue weighted by atomic mass is 9.62. The molecule has 1 saturated heterocycles. The molecule has 1 N–H and O–H groups in total. The monoisotopic (exact) mass is 438 g/mol. The van der Waals surface area contributed by atoms with Crippen LogP contribution in [0.4, 0.5) is 14.7 Å². The van der Waals surface area contributed by atoms with Crippen LogP contribution in [-0.4, -0.2) is 38.5 Å². The predicted octanol–water partition coefficient (Wildman–Crippen LogP) is 4.92. The second-order valence-electron chi connectivity index (χ2n) is 9.48. The van der Waals surface area contributed by atoms with Crippen molar-refractivity contribution in [3.8, 4) is 11.3 Å². The molecule has 2 aromatic heterocycles. The highest BCUT2D eigenvalue weighted by Crippen LogP contribution is 2.48. The first-order valence-electron chi connectivity index (χ1n) is 11.3. The average molecular weight is 439 g/mol. The van der Waals surface area contributed by atoms with Crippen LogP contribution in [-0.2, 0) is 5.41 Å². The zero-order valence-corrected chi connectivity index (χ0v) is 18.7. The minimum absolute atomic E-state index is 0.105. The molecule has 1 aliphatic heterocycles. The number of aryl methyl sites for hydroxylation is 1. The van der Waals surface area contributed by atoms with Crippen LogP contribution in [0.1, 0.15) is 62.5 Å². The minimum Gasteiger partial charge on any atom is -0.341 e. The maximum Gasteiger partial charge on any atom is 0.221 e. The van der Waals surface area contributed by atoms with Crippen molar-refractivity contribution >= 4 is 5.95 Å². The zero-order chi connectivity index (χ0) is 22.5. The van der Waals surface area contributed by atoms with Gasteiger partial charge in [-0.3, -0.25) is 0 Å². The fraction of sp³-hybridized carbons (Fsp3) is 0.500. The molecule has 1 aromatic carbocycles. The number of aromatic nitrogens is 5. The van der Waals surface area contributed by atoms with Crippen molar-refractivity contribution in [2.45, 2.75) is 57.8 Å². The van der Waals surface area contributed by atoms with Crippen molar-refractivity contribution in [1.82, 2.24) is 25.4 Å². The van der Waals surface area contributed by atoms with Crippen LogP contribution < -0.4 is 4.90 Å². The van der Waals surface area contributed by atoms with Gasteiger partial charge < -0.3 is 4.90 Å². The number of H-pyrrole nitrogens is 1. The SMILES string of the molecule is Cc1n[nH]c(N2CCC[C@H]([C@@]3(C)CC[C@H](C)c4cc(-c5c(F)cccc5F)nnc43)C2)n1. The highest BCUT2D eigenvalue weighted by Gasteiger charge is 2.44. The highest BCUT2D eigenvalue weighted by atomic mass is 19.1. The molecule has 0 unspecified atom stereocenters. The summed E-state index contributed by atoms with van der Waals surface area (Å²) in [5.74, 6) is 0.962. The Morgan fingerprint density at radius 3 is 2.66 bits per heavy atom. The van der Waals surface area contributed by atoms with Crippen LogP contribution in [0.5, 0.6) is 0 Å². The van der Waals surface area contributed by atoms with Gasteiger partial charge in [0.25, 0.3) is 0 Å². The summed E-state index contributed by atoms with van der Waals surface area (Å²) in [4.78, 5) is 6.79. The van der Waals surface area contributed by atoms with Gasteiger partial charge in [0.15, 0.2) is 0 Å². The summed E-state index contributed by atoms with van der Waals surface area (Å²) in [7, 11) is 0. The Labute approximate surface area is 186 Å². The Bertz CT molecular complexity index is 1130. The molecule has 6 nitrogen and oxygen atoms in total. The lowest BCUT2D eigenvalue weighted by Gasteiger charge is -2.46. The second kappa shape index (κ2) is 7.90. The minimum atomic E-state index is -0.615. The zero-order valence-electron chi connectivity index (χ0n) is 18.7. The van der Waals surface area contributed by atoms with E-state index in [1.807, 2.05) is 13.0 Å². The molecule has 0 saturated carbocycles. The number of aromatic amines is 1. The van der Waals surface area contributed by atoms with E-state index in [1.165, 1.54) is 18.2 Å². The number of nitrogens with zero attached hydrogens (tertiary/aromatic N) is 5. The summed E-state index contributed by atoms with van der Waals surface area (Å²) in [5.41, 5.74) is 2.02. The summed E-state index contributed by atoms with van der Waals surface area (Å²) in [6.45, 7) is 8.13. The summed E-state index contributed by atoms with van der Waals surface area (Å²) in [6.07, 6.45) is 4.18. The van der Waals surface area contributed by atoms with Gasteiger partial charge in [-0.15, -0.1) is 0 Å². The van der Waals surface area contributed by atoms with Crippen molar-refractivity contribution in [2.75, 3.05) is 18.0 Å². The molecular weight excluding hydrogens is 410 g/mol. The highest BCUT2D eigenvalue weighted by molar-refractivity contribution is 5.62. The van der Waals surface area contributed by atoms with Crippen molar-refractivity contribution in [3.05, 3.63) is 53.0 Å². The average Bonchev–Trinajstić information content (AvgIpc) is 3.23. The van der Waals surface area contributed by atoms with Gasteiger partial charge in [-0.2, -0.15) is 20.3 Å². The van der Waals surface area contributed by atoms with Crippen molar-refractivity contribution in [3.63, 3.8) is 0 Å². The first-order chi connectivity index (χ1) is 15.4. The fourth-order valence-electron chi connectivity index (χ4n) is 5.44. The van der Waals surface area contributed by atoms with Gasteiger partial charge in [-0.05, 0) is 68.2 Å². The molecule has 0 radical (unpaired) electrons. The van der Waals surface area contributed by atoms with Crippen LogP contribution in [0, 0.1) is 24.5 Å². The quantitative estimate of drug-likeness (QED) is 0.629. The van der Waals surface area contributed by atoms with E-state index in [-0.39, 0.29) is 22.6 Å². The van der Waals surface area contributed by atoms with E-state index in [0.29, 0.717) is 5.92 Å². The standard InChI is InChI=1S/C24H28F2N6/c1-14-9-10-24(3,16-6-5-11-32(13-16)23-27-15(2)28-31-23)22-17(14)12-20(29-30-22)21-18(25)7-4-8-19(21)26/h4,7-8,12,14,16H,5-6,9-11,13H2,1-3H3,(H,27,28,31)/t14-,16-,24+/m0/s1. The molecule has 0 amide bonds. The second-order valence-corrected chi connectivity index (χ2v) is 9.48. The maximum absolute atomic E-state index is 14.4. The van der Waals surface area contributed by atoms with E-state index in [1.54, 1.807) is 0 Å². The molecule has 3 heterocycles. The summed E-state index contributed by atoms with van der Waals surface area (Å²) in [5, 5.41) is 16.2. The third kappa shape index (κ3) is 3.45. The lowest BCUT2D eigenvalue weighted by Crippen LogP contribution is -2.47. The number of hydrogen-bond donors (Lipinski definition) is 1. The number of fused-ring (bicyclic) bond motifs is 1. The number of anilines is 1. The number of benzene rings is 1. The smallest absolute Gasteiger partial charge is 0.221 e. The van der Waals surface area contributed by atoms with Crippen molar-refractivity contribution in [2.24, 2.45) is 5.92 Å². The van der Waals surface area contributed by atoms with Gasteiger partial charge in [-0.1, -0.05) is 19.9 Å². The lowest BCUT2D eigenvalue weighted by molar-refractivity contribution is 0.206. The van der Waals surface area contributed by atoms with E-state index >= 15 is 0 Å². The van der Waals surface area contributed by atoms with E-state index < -0.39 is 11.6 Å². The van der Waals surface area contributed by atoms with Gasteiger partial charge in [0.05, 0.1) is 17.0 Å². The van der Waals surface area contributed by atoms with Crippen LogP contribution in [0.15, 0.2) is 24.3 Å². The van der Waals surface area contributed by atoms with E-state index in [4.69, 9.17) is 0 Å². The number of nitrogens with one attached hydrogen (secondary N) is 1. The predicted molar refractivity (Wildman–Crippen MR) is 118 cm³/mol. The largest absolute Gasteiger partial charge is 0.341 e. The van der Waals surface area contributed by atoms with Crippen LogP contribution in [0.2, 0.25) is 0 Å².